The lowest BCUT2D eigenvalue weighted by Crippen LogP contribution is -2.49. The Balaban J connectivity index is 1.64. The van der Waals surface area contributed by atoms with Crippen molar-refractivity contribution in [2.45, 2.75) is 0 Å². The van der Waals surface area contributed by atoms with Crippen molar-refractivity contribution in [3.63, 3.8) is 0 Å². The summed E-state index contributed by atoms with van der Waals surface area (Å²) in [6.45, 7) is 2.74. The summed E-state index contributed by atoms with van der Waals surface area (Å²) in [4.78, 5) is 29.0. The summed E-state index contributed by atoms with van der Waals surface area (Å²) < 4.78 is 0.671. The second-order valence-corrected chi connectivity index (χ2v) is 5.49. The fourth-order valence-electron chi connectivity index (χ4n) is 2.25. The topological polar surface area (TPSA) is 62.2 Å². The van der Waals surface area contributed by atoms with Gasteiger partial charge in [-0.05, 0) is 34.1 Å². The number of aromatic nitrogens is 3. The summed E-state index contributed by atoms with van der Waals surface area (Å²) in [6.07, 6.45) is 3.45. The number of halogens is 1. The third-order valence-electron chi connectivity index (χ3n) is 3.34. The van der Waals surface area contributed by atoms with Crippen LogP contribution in [-0.4, -0.2) is 51.9 Å². The first-order valence-electron chi connectivity index (χ1n) is 6.68. The van der Waals surface area contributed by atoms with Crippen molar-refractivity contribution < 1.29 is 4.79 Å². The van der Waals surface area contributed by atoms with Crippen molar-refractivity contribution >= 4 is 27.8 Å². The largest absolute Gasteiger partial charge is 0.337 e. The summed E-state index contributed by atoms with van der Waals surface area (Å²) in [6, 6.07) is 7.15. The molecule has 0 aliphatic carbocycles. The third kappa shape index (κ3) is 3.18. The van der Waals surface area contributed by atoms with Crippen molar-refractivity contribution in [1.29, 1.82) is 0 Å². The van der Waals surface area contributed by atoms with Crippen LogP contribution < -0.4 is 4.90 Å². The van der Waals surface area contributed by atoms with Gasteiger partial charge in [0.05, 0.1) is 0 Å². The zero-order chi connectivity index (χ0) is 14.7. The lowest BCUT2D eigenvalue weighted by Gasteiger charge is -2.34. The van der Waals surface area contributed by atoms with Crippen LogP contribution in [0.4, 0.5) is 5.95 Å². The van der Waals surface area contributed by atoms with E-state index in [1.807, 2.05) is 17.0 Å². The summed E-state index contributed by atoms with van der Waals surface area (Å²) in [5.41, 5.74) is 0.466. The monoisotopic (exact) mass is 347 g/mol. The molecule has 0 bridgehead atoms. The fourth-order valence-corrected chi connectivity index (χ4v) is 2.60. The number of hydrogen-bond donors (Lipinski definition) is 0. The number of hydrogen-bond acceptors (Lipinski definition) is 5. The van der Waals surface area contributed by atoms with Crippen molar-refractivity contribution in [3.8, 4) is 0 Å². The van der Waals surface area contributed by atoms with Gasteiger partial charge >= 0.3 is 0 Å². The normalized spacial score (nSPS) is 15.1. The first kappa shape index (κ1) is 13.9. The van der Waals surface area contributed by atoms with Crippen LogP contribution in [0.3, 0.4) is 0 Å². The SMILES string of the molecule is O=C(c1cccc(Br)n1)N1CCN(c2ncccn2)CC1. The zero-order valence-corrected chi connectivity index (χ0v) is 12.9. The minimum atomic E-state index is -0.0371. The highest BCUT2D eigenvalue weighted by Crippen LogP contribution is 2.13. The molecule has 0 N–H and O–H groups in total. The van der Waals surface area contributed by atoms with E-state index in [-0.39, 0.29) is 5.91 Å². The molecule has 21 heavy (non-hydrogen) atoms. The summed E-state index contributed by atoms with van der Waals surface area (Å²) in [5.74, 6) is 0.676. The van der Waals surface area contributed by atoms with Gasteiger partial charge < -0.3 is 9.80 Å². The van der Waals surface area contributed by atoms with Gasteiger partial charge in [-0.3, -0.25) is 4.79 Å². The molecule has 0 aromatic carbocycles. The molecule has 1 amide bonds. The Kier molecular flexibility index (Phi) is 4.10. The minimum Gasteiger partial charge on any atom is -0.337 e. The molecule has 0 atom stereocenters. The van der Waals surface area contributed by atoms with Crippen molar-refractivity contribution in [1.82, 2.24) is 19.9 Å². The summed E-state index contributed by atoms with van der Waals surface area (Å²) >= 11 is 3.29. The van der Waals surface area contributed by atoms with Gasteiger partial charge in [0.1, 0.15) is 10.3 Å². The Morgan fingerprint density at radius 3 is 2.43 bits per heavy atom. The van der Waals surface area contributed by atoms with E-state index in [1.165, 1.54) is 0 Å². The number of nitrogens with zero attached hydrogens (tertiary/aromatic N) is 5. The van der Waals surface area contributed by atoms with Crippen LogP contribution in [0.5, 0.6) is 0 Å². The molecule has 7 heteroatoms. The fraction of sp³-hybridized carbons (Fsp3) is 0.286. The van der Waals surface area contributed by atoms with Gasteiger partial charge in [0.2, 0.25) is 5.95 Å². The van der Waals surface area contributed by atoms with E-state index in [4.69, 9.17) is 0 Å². The molecular weight excluding hydrogens is 334 g/mol. The molecule has 1 aliphatic heterocycles. The second kappa shape index (κ2) is 6.17. The third-order valence-corrected chi connectivity index (χ3v) is 3.78. The molecule has 3 heterocycles. The van der Waals surface area contributed by atoms with Crippen LogP contribution in [0.15, 0.2) is 41.3 Å². The molecule has 6 nitrogen and oxygen atoms in total. The quantitative estimate of drug-likeness (QED) is 0.772. The van der Waals surface area contributed by atoms with Crippen molar-refractivity contribution in [2.75, 3.05) is 31.1 Å². The molecule has 0 spiro atoms. The maximum atomic E-state index is 12.4. The van der Waals surface area contributed by atoms with E-state index >= 15 is 0 Å². The first-order chi connectivity index (χ1) is 10.2. The highest BCUT2D eigenvalue weighted by Gasteiger charge is 2.24. The highest BCUT2D eigenvalue weighted by molar-refractivity contribution is 9.10. The van der Waals surface area contributed by atoms with Gasteiger partial charge in [0, 0.05) is 38.6 Å². The number of piperazine rings is 1. The van der Waals surface area contributed by atoms with Crippen LogP contribution in [-0.2, 0) is 0 Å². The maximum Gasteiger partial charge on any atom is 0.272 e. The predicted molar refractivity (Wildman–Crippen MR) is 82.1 cm³/mol. The molecule has 1 aliphatic rings. The Morgan fingerprint density at radius 2 is 1.76 bits per heavy atom. The van der Waals surface area contributed by atoms with E-state index in [0.717, 1.165) is 13.1 Å². The number of carbonyl (C=O) groups excluding carboxylic acids is 1. The number of carbonyl (C=O) groups is 1. The molecule has 0 unspecified atom stereocenters. The molecule has 1 saturated heterocycles. The molecule has 1 fully saturated rings. The van der Waals surface area contributed by atoms with Gasteiger partial charge in [-0.1, -0.05) is 6.07 Å². The molecule has 2 aromatic heterocycles. The molecular formula is C14H14BrN5O. The van der Waals surface area contributed by atoms with E-state index in [9.17, 15) is 4.79 Å². The van der Waals surface area contributed by atoms with Crippen LogP contribution in [0.1, 0.15) is 10.5 Å². The van der Waals surface area contributed by atoms with Crippen LogP contribution >= 0.6 is 15.9 Å². The second-order valence-electron chi connectivity index (χ2n) is 4.67. The number of amides is 1. The lowest BCUT2D eigenvalue weighted by atomic mass is 10.2. The molecule has 2 aromatic rings. The number of pyridine rings is 1. The average molecular weight is 348 g/mol. The van der Waals surface area contributed by atoms with Crippen LogP contribution in [0, 0.1) is 0 Å². The van der Waals surface area contributed by atoms with Gasteiger partial charge in [-0.15, -0.1) is 0 Å². The van der Waals surface area contributed by atoms with Crippen LogP contribution in [0.2, 0.25) is 0 Å². The van der Waals surface area contributed by atoms with E-state index in [2.05, 4.69) is 35.8 Å². The molecule has 0 saturated carbocycles. The zero-order valence-electron chi connectivity index (χ0n) is 11.3. The van der Waals surface area contributed by atoms with Gasteiger partial charge in [-0.25, -0.2) is 15.0 Å². The molecule has 3 rings (SSSR count). The Labute approximate surface area is 131 Å². The van der Waals surface area contributed by atoms with Gasteiger partial charge in [0.25, 0.3) is 5.91 Å². The van der Waals surface area contributed by atoms with Crippen molar-refractivity contribution in [3.05, 3.63) is 47.0 Å². The maximum absolute atomic E-state index is 12.4. The van der Waals surface area contributed by atoms with E-state index < -0.39 is 0 Å². The highest BCUT2D eigenvalue weighted by atomic mass is 79.9. The predicted octanol–water partition coefficient (Wildman–Crippen LogP) is 1.60. The lowest BCUT2D eigenvalue weighted by molar-refractivity contribution is 0.0740. The smallest absolute Gasteiger partial charge is 0.272 e. The Morgan fingerprint density at radius 1 is 1.05 bits per heavy atom. The van der Waals surface area contributed by atoms with Crippen LogP contribution in [0.25, 0.3) is 0 Å². The van der Waals surface area contributed by atoms with E-state index in [0.29, 0.717) is 29.3 Å². The summed E-state index contributed by atoms with van der Waals surface area (Å²) in [7, 11) is 0. The molecule has 0 radical (unpaired) electrons. The number of anilines is 1. The Bertz CT molecular complexity index is 628. The number of rotatable bonds is 2. The minimum absolute atomic E-state index is 0.0371. The van der Waals surface area contributed by atoms with Gasteiger partial charge in [0.15, 0.2) is 0 Å². The molecule has 108 valence electrons. The Hall–Kier alpha value is -2.02. The average Bonchev–Trinajstić information content (AvgIpc) is 2.55. The standard InChI is InChI=1S/C14H14BrN5O/c15-12-4-1-3-11(18-12)13(21)19-7-9-20(10-8-19)14-16-5-2-6-17-14/h1-6H,7-10H2. The van der Waals surface area contributed by atoms with E-state index in [1.54, 1.807) is 24.5 Å². The first-order valence-corrected chi connectivity index (χ1v) is 7.47. The van der Waals surface area contributed by atoms with Crippen molar-refractivity contribution in [2.24, 2.45) is 0 Å². The van der Waals surface area contributed by atoms with Gasteiger partial charge in [-0.2, -0.15) is 0 Å². The summed E-state index contributed by atoms with van der Waals surface area (Å²) in [5, 5.41) is 0.